The van der Waals surface area contributed by atoms with Gasteiger partial charge in [0, 0.05) is 26.2 Å². The number of nitrogens with zero attached hydrogens (tertiary/aromatic N) is 1. The smallest absolute Gasteiger partial charge is 0.279 e. The van der Waals surface area contributed by atoms with E-state index in [2.05, 4.69) is 10.0 Å². The quantitative estimate of drug-likeness (QED) is 0.596. The van der Waals surface area contributed by atoms with Crippen LogP contribution in [0.3, 0.4) is 0 Å². The maximum Gasteiger partial charge on any atom is 0.279 e. The number of rotatable bonds is 9. The molecule has 6 nitrogen and oxygen atoms in total. The van der Waals surface area contributed by atoms with Crippen LogP contribution in [-0.2, 0) is 14.9 Å². The first-order valence-electron chi connectivity index (χ1n) is 7.59. The standard InChI is InChI=1S/C13H27N3O3S/c1-14-10-12-4-7-16(8-5-12)20(17,18)15-6-9-19-11-13-2-3-13/h12-15H,2-11H2,1H3. The number of hydrogen-bond acceptors (Lipinski definition) is 4. The highest BCUT2D eigenvalue weighted by Crippen LogP contribution is 2.28. The first-order chi connectivity index (χ1) is 9.62. The molecule has 2 rings (SSSR count). The molecule has 0 radical (unpaired) electrons. The lowest BCUT2D eigenvalue weighted by Gasteiger charge is -2.31. The van der Waals surface area contributed by atoms with Crippen molar-refractivity contribution in [3.63, 3.8) is 0 Å². The number of ether oxygens (including phenoxy) is 1. The van der Waals surface area contributed by atoms with Gasteiger partial charge in [-0.3, -0.25) is 0 Å². The molecule has 0 unspecified atom stereocenters. The molecule has 1 aliphatic carbocycles. The second kappa shape index (κ2) is 7.70. The molecular formula is C13H27N3O3S. The number of nitrogens with one attached hydrogen (secondary N) is 2. The summed E-state index contributed by atoms with van der Waals surface area (Å²) >= 11 is 0. The van der Waals surface area contributed by atoms with E-state index in [1.54, 1.807) is 4.31 Å². The number of piperidine rings is 1. The summed E-state index contributed by atoms with van der Waals surface area (Å²) in [5.41, 5.74) is 0. The van der Waals surface area contributed by atoms with E-state index in [-0.39, 0.29) is 0 Å². The van der Waals surface area contributed by atoms with E-state index >= 15 is 0 Å². The fourth-order valence-electron chi connectivity index (χ4n) is 2.51. The largest absolute Gasteiger partial charge is 0.380 e. The SMILES string of the molecule is CNCC1CCN(S(=O)(=O)NCCOCC2CC2)CC1. The Morgan fingerprint density at radius 3 is 2.45 bits per heavy atom. The van der Waals surface area contributed by atoms with Crippen LogP contribution in [0.2, 0.25) is 0 Å². The van der Waals surface area contributed by atoms with Crippen molar-refractivity contribution in [2.24, 2.45) is 11.8 Å². The first kappa shape index (κ1) is 16.2. The van der Waals surface area contributed by atoms with Gasteiger partial charge in [0.25, 0.3) is 10.2 Å². The summed E-state index contributed by atoms with van der Waals surface area (Å²) < 4.78 is 33.8. The van der Waals surface area contributed by atoms with Crippen LogP contribution in [0.15, 0.2) is 0 Å². The fraction of sp³-hybridized carbons (Fsp3) is 1.00. The van der Waals surface area contributed by atoms with Crippen LogP contribution in [0.25, 0.3) is 0 Å². The van der Waals surface area contributed by atoms with Crippen molar-refractivity contribution < 1.29 is 13.2 Å². The maximum atomic E-state index is 12.1. The third-order valence-corrected chi connectivity index (χ3v) is 5.60. The molecule has 0 atom stereocenters. The molecule has 1 aliphatic heterocycles. The highest BCUT2D eigenvalue weighted by atomic mass is 32.2. The van der Waals surface area contributed by atoms with Gasteiger partial charge in [-0.15, -0.1) is 0 Å². The van der Waals surface area contributed by atoms with Gasteiger partial charge < -0.3 is 10.1 Å². The molecule has 0 bridgehead atoms. The zero-order valence-electron chi connectivity index (χ0n) is 12.3. The zero-order chi connectivity index (χ0) is 14.4. The highest BCUT2D eigenvalue weighted by Gasteiger charge is 2.27. The van der Waals surface area contributed by atoms with Gasteiger partial charge in [0.2, 0.25) is 0 Å². The lowest BCUT2D eigenvalue weighted by Crippen LogP contribution is -2.46. The first-order valence-corrected chi connectivity index (χ1v) is 9.03. The Morgan fingerprint density at radius 2 is 1.85 bits per heavy atom. The molecule has 20 heavy (non-hydrogen) atoms. The molecule has 2 fully saturated rings. The summed E-state index contributed by atoms with van der Waals surface area (Å²) in [6.45, 7) is 3.81. The van der Waals surface area contributed by atoms with Gasteiger partial charge in [0.1, 0.15) is 0 Å². The second-order valence-electron chi connectivity index (χ2n) is 5.82. The van der Waals surface area contributed by atoms with E-state index < -0.39 is 10.2 Å². The van der Waals surface area contributed by atoms with Gasteiger partial charge in [-0.2, -0.15) is 17.4 Å². The van der Waals surface area contributed by atoms with Crippen LogP contribution < -0.4 is 10.0 Å². The van der Waals surface area contributed by atoms with Crippen LogP contribution in [0, 0.1) is 11.8 Å². The zero-order valence-corrected chi connectivity index (χ0v) is 13.1. The Morgan fingerprint density at radius 1 is 1.15 bits per heavy atom. The monoisotopic (exact) mass is 305 g/mol. The summed E-state index contributed by atoms with van der Waals surface area (Å²) in [6.07, 6.45) is 4.38. The molecule has 1 heterocycles. The average molecular weight is 305 g/mol. The Hall–Kier alpha value is -0.210. The predicted molar refractivity (Wildman–Crippen MR) is 78.7 cm³/mol. The van der Waals surface area contributed by atoms with Gasteiger partial charge in [-0.1, -0.05) is 0 Å². The second-order valence-corrected chi connectivity index (χ2v) is 7.57. The highest BCUT2D eigenvalue weighted by molar-refractivity contribution is 7.87. The van der Waals surface area contributed by atoms with E-state index in [0.717, 1.165) is 31.9 Å². The Labute approximate surface area is 122 Å². The summed E-state index contributed by atoms with van der Waals surface area (Å²) in [6, 6.07) is 0. The Balaban J connectivity index is 1.62. The predicted octanol–water partition coefficient (Wildman–Crippen LogP) is 0.179. The molecule has 2 N–H and O–H groups in total. The van der Waals surface area contributed by atoms with Crippen molar-refractivity contribution in [1.29, 1.82) is 0 Å². The minimum atomic E-state index is -3.32. The summed E-state index contributed by atoms with van der Waals surface area (Å²) in [5.74, 6) is 1.31. The summed E-state index contributed by atoms with van der Waals surface area (Å²) in [4.78, 5) is 0. The maximum absolute atomic E-state index is 12.1. The number of hydrogen-bond donors (Lipinski definition) is 2. The van der Waals surface area contributed by atoms with E-state index in [0.29, 0.717) is 32.2 Å². The molecule has 0 aromatic heterocycles. The lowest BCUT2D eigenvalue weighted by atomic mass is 9.98. The van der Waals surface area contributed by atoms with Crippen LogP contribution in [0.1, 0.15) is 25.7 Å². The van der Waals surface area contributed by atoms with Crippen LogP contribution >= 0.6 is 0 Å². The van der Waals surface area contributed by atoms with Gasteiger partial charge in [-0.25, -0.2) is 0 Å². The molecule has 1 saturated heterocycles. The fourth-order valence-corrected chi connectivity index (χ4v) is 3.73. The van der Waals surface area contributed by atoms with Crippen LogP contribution in [0.5, 0.6) is 0 Å². The topological polar surface area (TPSA) is 70.7 Å². The van der Waals surface area contributed by atoms with E-state index in [4.69, 9.17) is 4.74 Å². The van der Waals surface area contributed by atoms with Crippen LogP contribution in [0.4, 0.5) is 0 Å². The normalized spacial score (nSPS) is 22.2. The molecule has 0 spiro atoms. The third kappa shape index (κ3) is 5.29. The Bertz CT molecular complexity index is 376. The summed E-state index contributed by atoms with van der Waals surface area (Å²) in [7, 11) is -1.39. The molecule has 0 amide bonds. The summed E-state index contributed by atoms with van der Waals surface area (Å²) in [5, 5.41) is 3.15. The van der Waals surface area contributed by atoms with Crippen molar-refractivity contribution in [3.8, 4) is 0 Å². The van der Waals surface area contributed by atoms with Crippen LogP contribution in [-0.4, -0.2) is 59.2 Å². The van der Waals surface area contributed by atoms with E-state index in [1.165, 1.54) is 12.8 Å². The van der Waals surface area contributed by atoms with Crippen molar-refractivity contribution >= 4 is 10.2 Å². The molecule has 0 aromatic carbocycles. The molecule has 7 heteroatoms. The van der Waals surface area contributed by atoms with Gasteiger partial charge in [0.15, 0.2) is 0 Å². The van der Waals surface area contributed by atoms with Crippen molar-refractivity contribution in [3.05, 3.63) is 0 Å². The molecular weight excluding hydrogens is 278 g/mol. The van der Waals surface area contributed by atoms with Crippen molar-refractivity contribution in [2.45, 2.75) is 25.7 Å². The molecule has 1 saturated carbocycles. The lowest BCUT2D eigenvalue weighted by molar-refractivity contribution is 0.129. The average Bonchev–Trinajstić information content (AvgIpc) is 3.23. The third-order valence-electron chi connectivity index (χ3n) is 3.99. The van der Waals surface area contributed by atoms with Crippen molar-refractivity contribution in [1.82, 2.24) is 14.3 Å². The molecule has 0 aromatic rings. The van der Waals surface area contributed by atoms with Gasteiger partial charge in [-0.05, 0) is 51.1 Å². The Kier molecular flexibility index (Phi) is 6.22. The van der Waals surface area contributed by atoms with E-state index in [9.17, 15) is 8.42 Å². The van der Waals surface area contributed by atoms with Gasteiger partial charge in [0.05, 0.1) is 6.61 Å². The molecule has 118 valence electrons. The van der Waals surface area contributed by atoms with Gasteiger partial charge >= 0.3 is 0 Å². The minimum absolute atomic E-state index is 0.367. The minimum Gasteiger partial charge on any atom is -0.380 e. The van der Waals surface area contributed by atoms with Crippen molar-refractivity contribution in [2.75, 3.05) is 46.4 Å². The molecule has 2 aliphatic rings. The van der Waals surface area contributed by atoms with E-state index in [1.807, 2.05) is 7.05 Å².